The van der Waals surface area contributed by atoms with Crippen molar-refractivity contribution in [3.63, 3.8) is 0 Å². The van der Waals surface area contributed by atoms with Gasteiger partial charge in [-0.15, -0.1) is 0 Å². The minimum Gasteiger partial charge on any atom is -0.478 e. The van der Waals surface area contributed by atoms with Crippen LogP contribution < -0.4 is 5.32 Å². The molecule has 1 rings (SSSR count). The number of hydrogen-bond donors (Lipinski definition) is 2. The molecule has 5 nitrogen and oxygen atoms in total. The monoisotopic (exact) mass is 237 g/mol. The van der Waals surface area contributed by atoms with Crippen LogP contribution in [0.25, 0.3) is 0 Å². The Balaban J connectivity index is 2.73. The first-order valence-corrected chi connectivity index (χ1v) is 5.58. The van der Waals surface area contributed by atoms with E-state index in [2.05, 4.69) is 43.0 Å². The summed E-state index contributed by atoms with van der Waals surface area (Å²) in [5.41, 5.74) is 0.792. The second-order valence-corrected chi connectivity index (χ2v) is 5.16. The molecule has 0 radical (unpaired) electrons. The van der Waals surface area contributed by atoms with Gasteiger partial charge in [0.05, 0.1) is 5.69 Å². The average Bonchev–Trinajstić information content (AvgIpc) is 2.24. The first kappa shape index (κ1) is 13.6. The number of nitrogens with zero attached hydrogens (tertiary/aromatic N) is 2. The number of rotatable bonds is 4. The van der Waals surface area contributed by atoms with Crippen LogP contribution in [0, 0.1) is 5.41 Å². The topological polar surface area (TPSA) is 75.1 Å². The zero-order valence-corrected chi connectivity index (χ0v) is 10.7. The van der Waals surface area contributed by atoms with E-state index in [0.29, 0.717) is 12.2 Å². The molecule has 1 atom stereocenters. The molecule has 1 heterocycles. The SMILES string of the molecule is CC(NCc1ncncc1C(=O)O)C(C)(C)C. The summed E-state index contributed by atoms with van der Waals surface area (Å²) in [6.07, 6.45) is 2.69. The minimum atomic E-state index is -0.995. The lowest BCUT2D eigenvalue weighted by Gasteiger charge is -2.28. The molecule has 94 valence electrons. The van der Waals surface area contributed by atoms with Gasteiger partial charge in [0, 0.05) is 18.8 Å². The fraction of sp³-hybridized carbons (Fsp3) is 0.583. The van der Waals surface area contributed by atoms with Crippen LogP contribution in [0.4, 0.5) is 0 Å². The van der Waals surface area contributed by atoms with Crippen molar-refractivity contribution >= 4 is 5.97 Å². The lowest BCUT2D eigenvalue weighted by molar-refractivity contribution is 0.0694. The zero-order valence-electron chi connectivity index (χ0n) is 10.7. The second kappa shape index (κ2) is 5.23. The van der Waals surface area contributed by atoms with Gasteiger partial charge in [-0.3, -0.25) is 0 Å². The largest absolute Gasteiger partial charge is 0.478 e. The number of hydrogen-bond acceptors (Lipinski definition) is 4. The molecule has 2 N–H and O–H groups in total. The summed E-state index contributed by atoms with van der Waals surface area (Å²) in [6.45, 7) is 8.89. The molecule has 0 fully saturated rings. The van der Waals surface area contributed by atoms with Gasteiger partial charge >= 0.3 is 5.97 Å². The Morgan fingerprint density at radius 3 is 2.71 bits per heavy atom. The Bertz CT molecular complexity index is 399. The zero-order chi connectivity index (χ0) is 13.1. The van der Waals surface area contributed by atoms with Gasteiger partial charge in [-0.05, 0) is 12.3 Å². The van der Waals surface area contributed by atoms with Crippen molar-refractivity contribution < 1.29 is 9.90 Å². The van der Waals surface area contributed by atoms with E-state index in [4.69, 9.17) is 5.11 Å². The molecule has 0 aromatic carbocycles. The Morgan fingerprint density at radius 2 is 2.18 bits per heavy atom. The lowest BCUT2D eigenvalue weighted by atomic mass is 9.88. The number of carbonyl (C=O) groups is 1. The summed E-state index contributed by atoms with van der Waals surface area (Å²) in [4.78, 5) is 18.7. The van der Waals surface area contributed by atoms with E-state index in [9.17, 15) is 4.79 Å². The van der Waals surface area contributed by atoms with E-state index < -0.39 is 5.97 Å². The highest BCUT2D eigenvalue weighted by atomic mass is 16.4. The van der Waals surface area contributed by atoms with Crippen molar-refractivity contribution in [2.24, 2.45) is 5.41 Å². The molecule has 17 heavy (non-hydrogen) atoms. The molecule has 1 unspecified atom stereocenters. The van der Waals surface area contributed by atoms with Crippen molar-refractivity contribution in [1.29, 1.82) is 0 Å². The molecule has 0 amide bonds. The average molecular weight is 237 g/mol. The van der Waals surface area contributed by atoms with E-state index >= 15 is 0 Å². The third-order valence-electron chi connectivity index (χ3n) is 2.90. The van der Waals surface area contributed by atoms with Crippen LogP contribution >= 0.6 is 0 Å². The molecule has 0 aliphatic rings. The number of nitrogens with one attached hydrogen (secondary N) is 1. The van der Waals surface area contributed by atoms with E-state index in [0.717, 1.165) is 0 Å². The summed E-state index contributed by atoms with van der Waals surface area (Å²) in [7, 11) is 0. The van der Waals surface area contributed by atoms with Gasteiger partial charge in [0.1, 0.15) is 11.9 Å². The van der Waals surface area contributed by atoms with Crippen molar-refractivity contribution in [2.45, 2.75) is 40.3 Å². The van der Waals surface area contributed by atoms with E-state index in [-0.39, 0.29) is 17.0 Å². The summed E-state index contributed by atoms with van der Waals surface area (Å²) >= 11 is 0. The maximum Gasteiger partial charge on any atom is 0.339 e. The third-order valence-corrected chi connectivity index (χ3v) is 2.90. The molecule has 0 bridgehead atoms. The summed E-state index contributed by atoms with van der Waals surface area (Å²) in [6, 6.07) is 0.263. The van der Waals surface area contributed by atoms with Gasteiger partial charge in [-0.25, -0.2) is 14.8 Å². The van der Waals surface area contributed by atoms with Crippen molar-refractivity contribution in [2.75, 3.05) is 0 Å². The Morgan fingerprint density at radius 1 is 1.53 bits per heavy atom. The Hall–Kier alpha value is -1.49. The Labute approximate surface area is 101 Å². The van der Waals surface area contributed by atoms with Gasteiger partial charge in [-0.1, -0.05) is 20.8 Å². The quantitative estimate of drug-likeness (QED) is 0.833. The number of aromatic nitrogens is 2. The van der Waals surface area contributed by atoms with Gasteiger partial charge in [0.2, 0.25) is 0 Å². The molecule has 5 heteroatoms. The van der Waals surface area contributed by atoms with Crippen LogP contribution in [-0.2, 0) is 6.54 Å². The molecule has 0 spiro atoms. The molecule has 0 saturated heterocycles. The molecular formula is C12H19N3O2. The van der Waals surface area contributed by atoms with Crippen LogP contribution in [0.2, 0.25) is 0 Å². The number of aromatic carboxylic acids is 1. The predicted molar refractivity (Wildman–Crippen MR) is 64.7 cm³/mol. The van der Waals surface area contributed by atoms with Gasteiger partial charge in [0.15, 0.2) is 0 Å². The molecule has 0 saturated carbocycles. The normalized spacial score (nSPS) is 13.4. The minimum absolute atomic E-state index is 0.121. The van der Waals surface area contributed by atoms with Crippen LogP contribution in [0.15, 0.2) is 12.5 Å². The van der Waals surface area contributed by atoms with Crippen LogP contribution in [0.5, 0.6) is 0 Å². The van der Waals surface area contributed by atoms with Crippen molar-refractivity contribution in [3.8, 4) is 0 Å². The highest BCUT2D eigenvalue weighted by molar-refractivity contribution is 5.88. The fourth-order valence-electron chi connectivity index (χ4n) is 1.23. The predicted octanol–water partition coefficient (Wildman–Crippen LogP) is 1.70. The van der Waals surface area contributed by atoms with E-state index in [1.165, 1.54) is 12.5 Å². The van der Waals surface area contributed by atoms with Crippen LogP contribution in [0.3, 0.4) is 0 Å². The highest BCUT2D eigenvalue weighted by Gasteiger charge is 2.20. The standard InChI is InChI=1S/C12H19N3O2/c1-8(12(2,3)4)14-6-10-9(11(16)17)5-13-7-15-10/h5,7-8,14H,6H2,1-4H3,(H,16,17). The van der Waals surface area contributed by atoms with Gasteiger partial charge in [0.25, 0.3) is 0 Å². The van der Waals surface area contributed by atoms with E-state index in [1.807, 2.05) is 0 Å². The van der Waals surface area contributed by atoms with Gasteiger partial charge < -0.3 is 10.4 Å². The maximum atomic E-state index is 11.0. The summed E-state index contributed by atoms with van der Waals surface area (Å²) in [5.74, 6) is -0.995. The second-order valence-electron chi connectivity index (χ2n) is 5.16. The fourth-order valence-corrected chi connectivity index (χ4v) is 1.23. The molecule has 0 aliphatic carbocycles. The third kappa shape index (κ3) is 3.78. The number of carboxylic acids is 1. The highest BCUT2D eigenvalue weighted by Crippen LogP contribution is 2.18. The molecule has 0 aliphatic heterocycles. The first-order valence-electron chi connectivity index (χ1n) is 5.58. The Kier molecular flexibility index (Phi) is 4.17. The summed E-state index contributed by atoms with van der Waals surface area (Å²) < 4.78 is 0. The smallest absolute Gasteiger partial charge is 0.339 e. The molecule has 1 aromatic heterocycles. The van der Waals surface area contributed by atoms with Crippen LogP contribution in [0.1, 0.15) is 43.7 Å². The molecule has 1 aromatic rings. The lowest BCUT2D eigenvalue weighted by Crippen LogP contribution is -2.37. The summed E-state index contributed by atoms with van der Waals surface area (Å²) in [5, 5.41) is 12.3. The van der Waals surface area contributed by atoms with Crippen molar-refractivity contribution in [1.82, 2.24) is 15.3 Å². The van der Waals surface area contributed by atoms with Crippen LogP contribution in [-0.4, -0.2) is 27.1 Å². The van der Waals surface area contributed by atoms with Gasteiger partial charge in [-0.2, -0.15) is 0 Å². The van der Waals surface area contributed by atoms with Crippen molar-refractivity contribution in [3.05, 3.63) is 23.8 Å². The number of carboxylic acid groups (broad SMARTS) is 1. The van der Waals surface area contributed by atoms with E-state index in [1.54, 1.807) is 0 Å². The first-order chi connectivity index (χ1) is 7.82. The molecular weight excluding hydrogens is 218 g/mol. The maximum absolute atomic E-state index is 11.0.